The van der Waals surface area contributed by atoms with Gasteiger partial charge in [-0.05, 0) is 37.1 Å². The molecule has 0 fully saturated rings. The standard InChI is InChI=1S/C20H24N2O3/c1-22(16(10-11-21)14-15-6-3-2-4-7-15)20(23)17-8-5-9-18-19(17)25-13-12-24-18/h2-9,16H,10-14,21H2,1H3. The van der Waals surface area contributed by atoms with Crippen molar-refractivity contribution < 1.29 is 14.3 Å². The zero-order valence-corrected chi connectivity index (χ0v) is 14.5. The number of ether oxygens (including phenoxy) is 2. The first-order valence-corrected chi connectivity index (χ1v) is 8.60. The van der Waals surface area contributed by atoms with Crippen LogP contribution in [0.25, 0.3) is 0 Å². The van der Waals surface area contributed by atoms with Gasteiger partial charge in [0.2, 0.25) is 0 Å². The fourth-order valence-electron chi connectivity index (χ4n) is 3.11. The maximum Gasteiger partial charge on any atom is 0.257 e. The molecule has 2 N–H and O–H groups in total. The first-order valence-electron chi connectivity index (χ1n) is 8.60. The summed E-state index contributed by atoms with van der Waals surface area (Å²) < 4.78 is 11.3. The molecule has 2 aromatic carbocycles. The number of fused-ring (bicyclic) bond motifs is 1. The Morgan fingerprint density at radius 3 is 2.64 bits per heavy atom. The number of hydrogen-bond acceptors (Lipinski definition) is 4. The van der Waals surface area contributed by atoms with Crippen LogP contribution < -0.4 is 15.2 Å². The molecule has 1 aliphatic heterocycles. The highest BCUT2D eigenvalue weighted by Gasteiger charge is 2.26. The number of nitrogens with zero attached hydrogens (tertiary/aromatic N) is 1. The van der Waals surface area contributed by atoms with Crippen molar-refractivity contribution in [1.29, 1.82) is 0 Å². The van der Waals surface area contributed by atoms with E-state index in [4.69, 9.17) is 15.2 Å². The van der Waals surface area contributed by atoms with E-state index < -0.39 is 0 Å². The number of carbonyl (C=O) groups excluding carboxylic acids is 1. The second-order valence-corrected chi connectivity index (χ2v) is 6.17. The van der Waals surface area contributed by atoms with Gasteiger partial charge in [0, 0.05) is 13.1 Å². The lowest BCUT2D eigenvalue weighted by Crippen LogP contribution is -2.40. The van der Waals surface area contributed by atoms with Gasteiger partial charge in [0.1, 0.15) is 13.2 Å². The third kappa shape index (κ3) is 3.94. The summed E-state index contributed by atoms with van der Waals surface area (Å²) in [5.41, 5.74) is 7.51. The minimum atomic E-state index is -0.0725. The van der Waals surface area contributed by atoms with Crippen LogP contribution in [0, 0.1) is 0 Å². The molecule has 1 heterocycles. The van der Waals surface area contributed by atoms with Gasteiger partial charge < -0.3 is 20.1 Å². The molecule has 25 heavy (non-hydrogen) atoms. The van der Waals surface area contributed by atoms with Gasteiger partial charge in [-0.15, -0.1) is 0 Å². The summed E-state index contributed by atoms with van der Waals surface area (Å²) in [5, 5.41) is 0. The Balaban J connectivity index is 1.82. The average molecular weight is 340 g/mol. The molecular weight excluding hydrogens is 316 g/mol. The normalized spacial score (nSPS) is 14.0. The topological polar surface area (TPSA) is 64.8 Å². The number of benzene rings is 2. The number of carbonyl (C=O) groups is 1. The quantitative estimate of drug-likeness (QED) is 0.877. The molecule has 1 amide bonds. The van der Waals surface area contributed by atoms with Crippen molar-refractivity contribution in [3.05, 3.63) is 59.7 Å². The van der Waals surface area contributed by atoms with Gasteiger partial charge in [-0.1, -0.05) is 36.4 Å². The van der Waals surface area contributed by atoms with Gasteiger partial charge in [-0.3, -0.25) is 4.79 Å². The Labute approximate surface area is 148 Å². The minimum Gasteiger partial charge on any atom is -0.486 e. The van der Waals surface area contributed by atoms with Crippen LogP contribution in [0.5, 0.6) is 11.5 Å². The van der Waals surface area contributed by atoms with Crippen molar-refractivity contribution in [1.82, 2.24) is 4.90 Å². The zero-order valence-electron chi connectivity index (χ0n) is 14.5. The Morgan fingerprint density at radius 2 is 1.88 bits per heavy atom. The lowest BCUT2D eigenvalue weighted by Gasteiger charge is -2.29. The number of hydrogen-bond donors (Lipinski definition) is 1. The van der Waals surface area contributed by atoms with Crippen LogP contribution in [-0.2, 0) is 6.42 Å². The maximum atomic E-state index is 13.1. The number of para-hydroxylation sites is 1. The van der Waals surface area contributed by atoms with E-state index in [1.165, 1.54) is 5.56 Å². The highest BCUT2D eigenvalue weighted by atomic mass is 16.6. The molecule has 0 aromatic heterocycles. The van der Waals surface area contributed by atoms with Gasteiger partial charge in [-0.2, -0.15) is 0 Å². The van der Waals surface area contributed by atoms with Crippen molar-refractivity contribution in [3.63, 3.8) is 0 Å². The van der Waals surface area contributed by atoms with E-state index in [1.54, 1.807) is 11.0 Å². The van der Waals surface area contributed by atoms with E-state index in [0.717, 1.165) is 12.8 Å². The Hall–Kier alpha value is -2.53. The number of likely N-dealkylation sites (N-methyl/N-ethyl adjacent to an activating group) is 1. The second-order valence-electron chi connectivity index (χ2n) is 6.17. The SMILES string of the molecule is CN(C(=O)c1cccc2c1OCCO2)C(CCN)Cc1ccccc1. The van der Waals surface area contributed by atoms with Crippen LogP contribution in [0.15, 0.2) is 48.5 Å². The highest BCUT2D eigenvalue weighted by Crippen LogP contribution is 2.34. The number of amides is 1. The molecule has 132 valence electrons. The Bertz CT molecular complexity index is 718. The van der Waals surface area contributed by atoms with E-state index in [-0.39, 0.29) is 11.9 Å². The molecule has 0 spiro atoms. The summed E-state index contributed by atoms with van der Waals surface area (Å²) in [5.74, 6) is 1.09. The molecule has 0 radical (unpaired) electrons. The predicted molar refractivity (Wildman–Crippen MR) is 97.1 cm³/mol. The number of nitrogens with two attached hydrogens (primary N) is 1. The first kappa shape index (κ1) is 17.3. The molecule has 1 unspecified atom stereocenters. The third-order valence-electron chi connectivity index (χ3n) is 4.48. The summed E-state index contributed by atoms with van der Waals surface area (Å²) in [6, 6.07) is 15.6. The Morgan fingerprint density at radius 1 is 1.12 bits per heavy atom. The molecule has 0 aliphatic carbocycles. The minimum absolute atomic E-state index is 0.0280. The van der Waals surface area contributed by atoms with Crippen molar-refractivity contribution in [2.45, 2.75) is 18.9 Å². The van der Waals surface area contributed by atoms with E-state index >= 15 is 0 Å². The predicted octanol–water partition coefficient (Wildman–Crippen LogP) is 2.49. The second kappa shape index (κ2) is 8.03. The average Bonchev–Trinajstić information content (AvgIpc) is 2.67. The van der Waals surface area contributed by atoms with Crippen molar-refractivity contribution in [3.8, 4) is 11.5 Å². The summed E-state index contributed by atoms with van der Waals surface area (Å²) in [6.45, 7) is 1.49. The van der Waals surface area contributed by atoms with Crippen molar-refractivity contribution >= 4 is 5.91 Å². The maximum absolute atomic E-state index is 13.1. The van der Waals surface area contributed by atoms with E-state index in [0.29, 0.717) is 36.8 Å². The van der Waals surface area contributed by atoms with Crippen LogP contribution in [0.3, 0.4) is 0 Å². The Kier molecular flexibility index (Phi) is 5.56. The molecule has 5 heteroatoms. The number of rotatable bonds is 6. The van der Waals surface area contributed by atoms with E-state index in [1.807, 2.05) is 37.4 Å². The molecule has 0 bridgehead atoms. The van der Waals surface area contributed by atoms with Gasteiger partial charge in [-0.25, -0.2) is 0 Å². The first-order chi connectivity index (χ1) is 12.2. The molecule has 1 aliphatic rings. The van der Waals surface area contributed by atoms with Crippen LogP contribution >= 0.6 is 0 Å². The highest BCUT2D eigenvalue weighted by molar-refractivity contribution is 5.98. The van der Waals surface area contributed by atoms with Crippen LogP contribution in [0.1, 0.15) is 22.3 Å². The van der Waals surface area contributed by atoms with Crippen LogP contribution in [0.2, 0.25) is 0 Å². The lowest BCUT2D eigenvalue weighted by atomic mass is 10.0. The monoisotopic (exact) mass is 340 g/mol. The van der Waals surface area contributed by atoms with Gasteiger partial charge in [0.05, 0.1) is 5.56 Å². The zero-order chi connectivity index (χ0) is 17.6. The van der Waals surface area contributed by atoms with E-state index in [9.17, 15) is 4.79 Å². The van der Waals surface area contributed by atoms with Gasteiger partial charge >= 0.3 is 0 Å². The summed E-state index contributed by atoms with van der Waals surface area (Å²) >= 11 is 0. The molecular formula is C20H24N2O3. The molecule has 0 saturated carbocycles. The van der Waals surface area contributed by atoms with Crippen LogP contribution in [0.4, 0.5) is 0 Å². The molecule has 0 saturated heterocycles. The van der Waals surface area contributed by atoms with E-state index in [2.05, 4.69) is 12.1 Å². The van der Waals surface area contributed by atoms with Crippen molar-refractivity contribution in [2.75, 3.05) is 26.8 Å². The molecule has 1 atom stereocenters. The van der Waals surface area contributed by atoms with Crippen LogP contribution in [-0.4, -0.2) is 43.7 Å². The van der Waals surface area contributed by atoms with Gasteiger partial charge in [0.25, 0.3) is 5.91 Å². The summed E-state index contributed by atoms with van der Waals surface area (Å²) in [4.78, 5) is 14.8. The lowest BCUT2D eigenvalue weighted by molar-refractivity contribution is 0.0715. The summed E-state index contributed by atoms with van der Waals surface area (Å²) in [7, 11) is 1.83. The molecule has 5 nitrogen and oxygen atoms in total. The largest absolute Gasteiger partial charge is 0.486 e. The molecule has 3 rings (SSSR count). The smallest absolute Gasteiger partial charge is 0.257 e. The fraction of sp³-hybridized carbons (Fsp3) is 0.350. The van der Waals surface area contributed by atoms with Crippen molar-refractivity contribution in [2.24, 2.45) is 5.73 Å². The fourth-order valence-corrected chi connectivity index (χ4v) is 3.11. The summed E-state index contributed by atoms with van der Waals surface area (Å²) in [6.07, 6.45) is 1.51. The van der Waals surface area contributed by atoms with Gasteiger partial charge in [0.15, 0.2) is 11.5 Å². The third-order valence-corrected chi connectivity index (χ3v) is 4.48. The molecule has 2 aromatic rings.